The smallest absolute Gasteiger partial charge is 0.243 e. The van der Waals surface area contributed by atoms with Gasteiger partial charge < -0.3 is 5.32 Å². The van der Waals surface area contributed by atoms with E-state index in [2.05, 4.69) is 16.6 Å². The van der Waals surface area contributed by atoms with E-state index in [9.17, 15) is 13.2 Å². The van der Waals surface area contributed by atoms with Crippen LogP contribution in [0.5, 0.6) is 0 Å². The summed E-state index contributed by atoms with van der Waals surface area (Å²) in [5, 5.41) is 2.61. The number of sulfonamides is 1. The molecule has 110 valence electrons. The fourth-order valence-electron chi connectivity index (χ4n) is 1.55. The van der Waals surface area contributed by atoms with Gasteiger partial charge in [-0.15, -0.1) is 0 Å². The molecule has 0 aromatic heterocycles. The summed E-state index contributed by atoms with van der Waals surface area (Å²) in [6, 6.07) is 6.50. The normalized spacial score (nSPS) is 11.1. The van der Waals surface area contributed by atoms with Gasteiger partial charge in [-0.1, -0.05) is 32.1 Å². The Hall–Kier alpha value is -1.66. The molecule has 0 bridgehead atoms. The first kappa shape index (κ1) is 16.4. The van der Waals surface area contributed by atoms with Crippen LogP contribution in [-0.4, -0.2) is 20.9 Å². The molecule has 1 amide bonds. The van der Waals surface area contributed by atoms with Crippen LogP contribution >= 0.6 is 0 Å². The monoisotopic (exact) mass is 296 g/mol. The van der Waals surface area contributed by atoms with E-state index in [0.29, 0.717) is 6.54 Å². The van der Waals surface area contributed by atoms with E-state index in [4.69, 9.17) is 0 Å². The fourth-order valence-corrected chi connectivity index (χ4v) is 2.69. The highest BCUT2D eigenvalue weighted by Gasteiger charge is 2.13. The molecule has 0 spiro atoms. The third kappa shape index (κ3) is 5.14. The third-order valence-electron chi connectivity index (χ3n) is 2.68. The van der Waals surface area contributed by atoms with Crippen LogP contribution in [0.1, 0.15) is 25.3 Å². The van der Waals surface area contributed by atoms with E-state index in [0.717, 1.165) is 18.4 Å². The van der Waals surface area contributed by atoms with Gasteiger partial charge in [-0.05, 0) is 30.2 Å². The molecule has 1 aromatic carbocycles. The number of hydrogen-bond donors (Lipinski definition) is 2. The number of nitrogens with one attached hydrogen (secondary N) is 2. The molecule has 2 N–H and O–H groups in total. The Kier molecular flexibility index (Phi) is 6.41. The van der Waals surface area contributed by atoms with Gasteiger partial charge in [-0.2, -0.15) is 0 Å². The second-order valence-corrected chi connectivity index (χ2v) is 6.09. The largest absolute Gasteiger partial charge is 0.348 e. The highest BCUT2D eigenvalue weighted by atomic mass is 32.2. The molecule has 1 aromatic rings. The minimum Gasteiger partial charge on any atom is -0.348 e. The zero-order valence-corrected chi connectivity index (χ0v) is 12.4. The molecule has 0 heterocycles. The maximum atomic E-state index is 12.0. The number of benzene rings is 1. The molecule has 1 rings (SSSR count). The second kappa shape index (κ2) is 7.81. The van der Waals surface area contributed by atoms with Crippen molar-refractivity contribution in [2.45, 2.75) is 31.2 Å². The quantitative estimate of drug-likeness (QED) is 0.565. The van der Waals surface area contributed by atoms with Crippen LogP contribution in [0, 0.1) is 0 Å². The lowest BCUT2D eigenvalue weighted by molar-refractivity contribution is -0.116. The molecular formula is C14H20N2O3S. The first-order valence-electron chi connectivity index (χ1n) is 6.48. The predicted molar refractivity (Wildman–Crippen MR) is 78.6 cm³/mol. The van der Waals surface area contributed by atoms with Crippen molar-refractivity contribution in [3.8, 4) is 0 Å². The van der Waals surface area contributed by atoms with Crippen molar-refractivity contribution in [3.05, 3.63) is 42.5 Å². The molecule has 0 fully saturated rings. The Morgan fingerprint density at radius 2 is 2.15 bits per heavy atom. The Labute approximate surface area is 120 Å². The van der Waals surface area contributed by atoms with E-state index in [1.54, 1.807) is 18.2 Å². The van der Waals surface area contributed by atoms with Gasteiger partial charge >= 0.3 is 0 Å². The maximum Gasteiger partial charge on any atom is 0.243 e. The number of hydrogen-bond acceptors (Lipinski definition) is 3. The molecule has 0 saturated carbocycles. The number of rotatable bonds is 8. The van der Waals surface area contributed by atoms with Gasteiger partial charge in [0.15, 0.2) is 0 Å². The average molecular weight is 296 g/mol. The lowest BCUT2D eigenvalue weighted by atomic mass is 10.2. The molecule has 20 heavy (non-hydrogen) atoms. The van der Waals surface area contributed by atoms with Crippen molar-refractivity contribution in [2.75, 3.05) is 6.54 Å². The summed E-state index contributed by atoms with van der Waals surface area (Å²) in [6.07, 6.45) is 2.90. The summed E-state index contributed by atoms with van der Waals surface area (Å²) in [5.41, 5.74) is 0.721. The Bertz CT molecular complexity index is 568. The minimum atomic E-state index is -3.48. The van der Waals surface area contributed by atoms with Crippen molar-refractivity contribution in [2.24, 2.45) is 0 Å². The zero-order chi connectivity index (χ0) is 15.0. The number of unbranched alkanes of at least 4 members (excludes halogenated alkanes) is 1. The Morgan fingerprint density at radius 1 is 1.40 bits per heavy atom. The van der Waals surface area contributed by atoms with E-state index in [-0.39, 0.29) is 17.3 Å². The van der Waals surface area contributed by atoms with Gasteiger partial charge in [0.2, 0.25) is 15.9 Å². The lowest BCUT2D eigenvalue weighted by Crippen LogP contribution is -2.25. The molecular weight excluding hydrogens is 276 g/mol. The predicted octanol–water partition coefficient (Wildman–Crippen LogP) is 1.57. The van der Waals surface area contributed by atoms with Gasteiger partial charge in [0.1, 0.15) is 0 Å². The topological polar surface area (TPSA) is 75.3 Å². The minimum absolute atomic E-state index is 0.207. The molecule has 0 saturated heterocycles. The van der Waals surface area contributed by atoms with Gasteiger partial charge in [-0.25, -0.2) is 13.1 Å². The number of carbonyl (C=O) groups is 1. The van der Waals surface area contributed by atoms with Crippen LogP contribution in [-0.2, 0) is 21.4 Å². The molecule has 0 radical (unpaired) electrons. The average Bonchev–Trinajstić information content (AvgIpc) is 2.45. The summed E-state index contributed by atoms with van der Waals surface area (Å²) in [5.74, 6) is -0.292. The van der Waals surface area contributed by atoms with E-state index < -0.39 is 10.0 Å². The van der Waals surface area contributed by atoms with Crippen molar-refractivity contribution in [1.29, 1.82) is 0 Å². The summed E-state index contributed by atoms with van der Waals surface area (Å²) in [4.78, 5) is 11.3. The standard InChI is InChI=1S/C14H20N2O3S/c1-3-5-9-16-20(18,19)13-8-6-7-12(10-13)11-15-14(17)4-2/h4,6-8,10,16H,2-3,5,9,11H2,1H3,(H,15,17). The van der Waals surface area contributed by atoms with Gasteiger partial charge in [0.25, 0.3) is 0 Å². The number of carbonyl (C=O) groups excluding carboxylic acids is 1. The molecule has 0 aliphatic rings. The lowest BCUT2D eigenvalue weighted by Gasteiger charge is -2.08. The van der Waals surface area contributed by atoms with Crippen LogP contribution in [0.25, 0.3) is 0 Å². The van der Waals surface area contributed by atoms with Crippen molar-refractivity contribution >= 4 is 15.9 Å². The van der Waals surface area contributed by atoms with Crippen LogP contribution in [0.3, 0.4) is 0 Å². The molecule has 5 nitrogen and oxygen atoms in total. The SMILES string of the molecule is C=CC(=O)NCc1cccc(S(=O)(=O)NCCCC)c1. The van der Waals surface area contributed by atoms with Crippen molar-refractivity contribution < 1.29 is 13.2 Å². The number of amides is 1. The van der Waals surface area contributed by atoms with Gasteiger partial charge in [0, 0.05) is 13.1 Å². The van der Waals surface area contributed by atoms with E-state index in [1.165, 1.54) is 12.1 Å². The van der Waals surface area contributed by atoms with Crippen molar-refractivity contribution in [3.63, 3.8) is 0 Å². The van der Waals surface area contributed by atoms with E-state index in [1.807, 2.05) is 6.92 Å². The summed E-state index contributed by atoms with van der Waals surface area (Å²) < 4.78 is 26.6. The Balaban J connectivity index is 2.76. The zero-order valence-electron chi connectivity index (χ0n) is 11.6. The molecule has 0 aliphatic heterocycles. The summed E-state index contributed by atoms with van der Waals surface area (Å²) in [7, 11) is -3.48. The first-order chi connectivity index (χ1) is 9.49. The van der Waals surface area contributed by atoms with Crippen LogP contribution in [0.4, 0.5) is 0 Å². The van der Waals surface area contributed by atoms with Gasteiger partial charge in [-0.3, -0.25) is 4.79 Å². The second-order valence-electron chi connectivity index (χ2n) is 4.32. The van der Waals surface area contributed by atoms with E-state index >= 15 is 0 Å². The van der Waals surface area contributed by atoms with Gasteiger partial charge in [0.05, 0.1) is 4.90 Å². The maximum absolute atomic E-state index is 12.0. The highest BCUT2D eigenvalue weighted by Crippen LogP contribution is 2.11. The van der Waals surface area contributed by atoms with Crippen LogP contribution < -0.4 is 10.0 Å². The molecule has 0 unspecified atom stereocenters. The molecule has 0 aliphatic carbocycles. The Morgan fingerprint density at radius 3 is 2.80 bits per heavy atom. The highest BCUT2D eigenvalue weighted by molar-refractivity contribution is 7.89. The fraction of sp³-hybridized carbons (Fsp3) is 0.357. The first-order valence-corrected chi connectivity index (χ1v) is 7.96. The van der Waals surface area contributed by atoms with Crippen molar-refractivity contribution in [1.82, 2.24) is 10.0 Å². The van der Waals surface area contributed by atoms with Crippen LogP contribution in [0.2, 0.25) is 0 Å². The molecule has 6 heteroatoms. The third-order valence-corrected chi connectivity index (χ3v) is 4.14. The summed E-state index contributed by atoms with van der Waals surface area (Å²) >= 11 is 0. The molecule has 0 atom stereocenters. The summed E-state index contributed by atoms with van der Waals surface area (Å²) in [6.45, 7) is 6.04. The van der Waals surface area contributed by atoms with Crippen LogP contribution in [0.15, 0.2) is 41.8 Å².